The van der Waals surface area contributed by atoms with Gasteiger partial charge in [-0.15, -0.1) is 12.4 Å². The van der Waals surface area contributed by atoms with Gasteiger partial charge in [0.05, 0.1) is 6.10 Å². The summed E-state index contributed by atoms with van der Waals surface area (Å²) in [5.41, 5.74) is 5.30. The fourth-order valence-corrected chi connectivity index (χ4v) is 0.372. The van der Waals surface area contributed by atoms with Crippen LogP contribution in [0.5, 0.6) is 0 Å². The Balaban J connectivity index is 0. The lowest BCUT2D eigenvalue weighted by Gasteiger charge is -2.09. The molecule has 0 bridgehead atoms. The highest BCUT2D eigenvalue weighted by Crippen LogP contribution is 1.91. The Morgan fingerprint density at radius 2 is 2.00 bits per heavy atom. The molecule has 0 unspecified atom stereocenters. The number of aliphatic hydroxyl groups is 1. The summed E-state index contributed by atoms with van der Waals surface area (Å²) in [6.45, 7) is 3.71. The van der Waals surface area contributed by atoms with Gasteiger partial charge in [-0.25, -0.2) is 0 Å². The van der Waals surface area contributed by atoms with Crippen molar-refractivity contribution in [2.75, 3.05) is 0 Å². The van der Waals surface area contributed by atoms with Crippen molar-refractivity contribution < 1.29 is 5.11 Å². The van der Waals surface area contributed by atoms with Gasteiger partial charge < -0.3 is 10.8 Å². The van der Waals surface area contributed by atoms with Gasteiger partial charge in [0.15, 0.2) is 0 Å². The van der Waals surface area contributed by atoms with E-state index in [1.54, 1.807) is 6.92 Å². The van der Waals surface area contributed by atoms with Crippen LogP contribution in [0.4, 0.5) is 0 Å². The van der Waals surface area contributed by atoms with Crippen molar-refractivity contribution in [3.8, 4) is 0 Å². The van der Waals surface area contributed by atoms with Crippen LogP contribution < -0.4 is 5.73 Å². The first kappa shape index (κ1) is 11.1. The molecular formula is C5H14ClNO. The Kier molecular flexibility index (Phi) is 7.40. The molecule has 52 valence electrons. The summed E-state index contributed by atoms with van der Waals surface area (Å²) < 4.78 is 0. The monoisotopic (exact) mass is 139 g/mol. The summed E-state index contributed by atoms with van der Waals surface area (Å²) in [7, 11) is 0. The van der Waals surface area contributed by atoms with Gasteiger partial charge in [0.1, 0.15) is 0 Å². The molecule has 8 heavy (non-hydrogen) atoms. The van der Waals surface area contributed by atoms with Crippen LogP contribution in [0.1, 0.15) is 20.3 Å². The maximum absolute atomic E-state index is 8.81. The zero-order valence-corrected chi connectivity index (χ0v) is 6.11. The molecule has 0 rings (SSSR count). The second-order valence-corrected chi connectivity index (χ2v) is 1.83. The fourth-order valence-electron chi connectivity index (χ4n) is 0.372. The van der Waals surface area contributed by atoms with E-state index in [0.717, 1.165) is 6.42 Å². The van der Waals surface area contributed by atoms with Crippen molar-refractivity contribution in [1.82, 2.24) is 0 Å². The van der Waals surface area contributed by atoms with E-state index in [-0.39, 0.29) is 24.6 Å². The van der Waals surface area contributed by atoms with Gasteiger partial charge in [-0.2, -0.15) is 0 Å². The molecule has 0 amide bonds. The minimum absolute atomic E-state index is 0. The van der Waals surface area contributed by atoms with Crippen LogP contribution in [0, 0.1) is 0 Å². The molecule has 0 aliphatic carbocycles. The second kappa shape index (κ2) is 5.35. The predicted molar refractivity (Wildman–Crippen MR) is 37.2 cm³/mol. The highest BCUT2D eigenvalue weighted by Gasteiger charge is 2.03. The standard InChI is InChI=1S/C5H13NO.ClH/c1-3-5(7)4(2)6;/h4-5,7H,3,6H2,1-2H3;1H/t4-,5+;/m0./s1. The number of halogens is 1. The molecule has 0 aromatic heterocycles. The first-order valence-electron chi connectivity index (χ1n) is 2.62. The average molecular weight is 140 g/mol. The van der Waals surface area contributed by atoms with Crippen molar-refractivity contribution >= 4 is 12.4 Å². The molecule has 2 nitrogen and oxygen atoms in total. The zero-order chi connectivity index (χ0) is 5.86. The lowest BCUT2D eigenvalue weighted by molar-refractivity contribution is 0.147. The molecule has 0 spiro atoms. The summed E-state index contributed by atoms with van der Waals surface area (Å²) in [5, 5.41) is 8.81. The highest BCUT2D eigenvalue weighted by molar-refractivity contribution is 5.85. The van der Waals surface area contributed by atoms with Crippen LogP contribution in [0.25, 0.3) is 0 Å². The summed E-state index contributed by atoms with van der Waals surface area (Å²) in [4.78, 5) is 0. The number of rotatable bonds is 2. The zero-order valence-electron chi connectivity index (χ0n) is 5.29. The minimum Gasteiger partial charge on any atom is -0.392 e. The molecule has 3 heteroatoms. The first-order valence-corrected chi connectivity index (χ1v) is 2.62. The summed E-state index contributed by atoms with van der Waals surface area (Å²) >= 11 is 0. The van der Waals surface area contributed by atoms with E-state index in [9.17, 15) is 0 Å². The number of aliphatic hydroxyl groups excluding tert-OH is 1. The van der Waals surface area contributed by atoms with Gasteiger partial charge in [-0.3, -0.25) is 0 Å². The van der Waals surface area contributed by atoms with Gasteiger partial charge in [0.25, 0.3) is 0 Å². The van der Waals surface area contributed by atoms with E-state index < -0.39 is 0 Å². The molecular weight excluding hydrogens is 126 g/mol. The van der Waals surface area contributed by atoms with Gasteiger partial charge in [-0.05, 0) is 13.3 Å². The Bertz CT molecular complexity index is 49.7. The lowest BCUT2D eigenvalue weighted by Crippen LogP contribution is -2.30. The third-order valence-corrected chi connectivity index (χ3v) is 1.03. The van der Waals surface area contributed by atoms with E-state index in [0.29, 0.717) is 0 Å². The van der Waals surface area contributed by atoms with Gasteiger partial charge in [0, 0.05) is 6.04 Å². The van der Waals surface area contributed by atoms with E-state index in [1.807, 2.05) is 6.92 Å². The molecule has 3 N–H and O–H groups in total. The molecule has 0 saturated heterocycles. The molecule has 0 aliphatic rings. The van der Waals surface area contributed by atoms with Crippen LogP contribution in [-0.4, -0.2) is 17.3 Å². The SMILES string of the molecule is CC[C@@H](O)[C@H](C)N.Cl. The normalized spacial score (nSPS) is 16.5. The Morgan fingerprint density at radius 3 is 2.00 bits per heavy atom. The maximum atomic E-state index is 8.81. The Morgan fingerprint density at radius 1 is 1.62 bits per heavy atom. The van der Waals surface area contributed by atoms with E-state index >= 15 is 0 Å². The molecule has 2 atom stereocenters. The highest BCUT2D eigenvalue weighted by atomic mass is 35.5. The molecule has 0 heterocycles. The maximum Gasteiger partial charge on any atom is 0.0685 e. The molecule has 0 radical (unpaired) electrons. The topological polar surface area (TPSA) is 46.2 Å². The van der Waals surface area contributed by atoms with Gasteiger partial charge in [-0.1, -0.05) is 6.92 Å². The second-order valence-electron chi connectivity index (χ2n) is 1.83. The number of nitrogens with two attached hydrogens (primary N) is 1. The van der Waals surface area contributed by atoms with Crippen molar-refractivity contribution in [1.29, 1.82) is 0 Å². The number of hydrogen-bond acceptors (Lipinski definition) is 2. The minimum atomic E-state index is -0.319. The third-order valence-electron chi connectivity index (χ3n) is 1.03. The summed E-state index contributed by atoms with van der Waals surface area (Å²) in [5.74, 6) is 0. The van der Waals surface area contributed by atoms with Gasteiger partial charge in [0.2, 0.25) is 0 Å². The van der Waals surface area contributed by atoms with E-state index in [4.69, 9.17) is 10.8 Å². The van der Waals surface area contributed by atoms with E-state index in [2.05, 4.69) is 0 Å². The molecule has 0 aliphatic heterocycles. The first-order chi connectivity index (χ1) is 3.18. The molecule has 0 fully saturated rings. The van der Waals surface area contributed by atoms with Crippen LogP contribution >= 0.6 is 12.4 Å². The van der Waals surface area contributed by atoms with Crippen LogP contribution in [0.2, 0.25) is 0 Å². The third kappa shape index (κ3) is 4.37. The Hall–Kier alpha value is 0.210. The molecule has 0 saturated carbocycles. The largest absolute Gasteiger partial charge is 0.392 e. The van der Waals surface area contributed by atoms with Crippen molar-refractivity contribution in [3.63, 3.8) is 0 Å². The van der Waals surface area contributed by atoms with Crippen LogP contribution in [0.15, 0.2) is 0 Å². The number of hydrogen-bond donors (Lipinski definition) is 2. The van der Waals surface area contributed by atoms with E-state index in [1.165, 1.54) is 0 Å². The summed E-state index contributed by atoms with van der Waals surface area (Å²) in [6.07, 6.45) is 0.428. The van der Waals surface area contributed by atoms with Crippen molar-refractivity contribution in [2.24, 2.45) is 5.73 Å². The summed E-state index contributed by atoms with van der Waals surface area (Å²) in [6, 6.07) is -0.0787. The quantitative estimate of drug-likeness (QED) is 0.586. The fraction of sp³-hybridized carbons (Fsp3) is 1.00. The van der Waals surface area contributed by atoms with Crippen molar-refractivity contribution in [3.05, 3.63) is 0 Å². The van der Waals surface area contributed by atoms with Crippen molar-refractivity contribution in [2.45, 2.75) is 32.4 Å². The molecule has 0 aromatic carbocycles. The van der Waals surface area contributed by atoms with Crippen LogP contribution in [0.3, 0.4) is 0 Å². The average Bonchev–Trinajstić information content (AvgIpc) is 1.65. The predicted octanol–water partition coefficient (Wildman–Crippen LogP) is 0.526. The smallest absolute Gasteiger partial charge is 0.0685 e. The lowest BCUT2D eigenvalue weighted by atomic mass is 10.1. The molecule has 0 aromatic rings. The Labute approximate surface area is 56.5 Å². The van der Waals surface area contributed by atoms with Gasteiger partial charge >= 0.3 is 0 Å². The van der Waals surface area contributed by atoms with Crippen LogP contribution in [-0.2, 0) is 0 Å².